The quantitative estimate of drug-likeness (QED) is 0.161. The van der Waals surface area contributed by atoms with Crippen LogP contribution in [0.3, 0.4) is 0 Å². The number of nitrogens with zero attached hydrogens (tertiary/aromatic N) is 4. The number of rotatable bonds is 6. The predicted octanol–water partition coefficient (Wildman–Crippen LogP) is 11.7. The minimum absolute atomic E-state index is 0.123. The number of thioether (sulfide) groups is 1. The summed E-state index contributed by atoms with van der Waals surface area (Å²) in [7, 11) is 0. The summed E-state index contributed by atoms with van der Waals surface area (Å²) < 4.78 is 0. The molecule has 5 aromatic carbocycles. The van der Waals surface area contributed by atoms with E-state index in [9.17, 15) is 0 Å². The number of hydrogen-bond acceptors (Lipinski definition) is 5. The molecule has 3 atom stereocenters. The van der Waals surface area contributed by atoms with Gasteiger partial charge in [-0.2, -0.15) is 0 Å². The topological polar surface area (TPSA) is 51.0 Å². The molecule has 4 nitrogen and oxygen atoms in total. The zero-order valence-corrected chi connectivity index (χ0v) is 30.4. The Bertz CT molecular complexity index is 2490. The molecule has 1 aromatic heterocycles. The van der Waals surface area contributed by atoms with Gasteiger partial charge in [0, 0.05) is 44.9 Å². The highest BCUT2D eigenvalue weighted by molar-refractivity contribution is 8.04. The zero-order valence-electron chi connectivity index (χ0n) is 29.6. The van der Waals surface area contributed by atoms with Crippen molar-refractivity contribution in [3.8, 4) is 33.9 Å². The van der Waals surface area contributed by atoms with E-state index in [1.165, 1.54) is 38.3 Å². The summed E-state index contributed by atoms with van der Waals surface area (Å²) in [5.41, 5.74) is 11.6. The van der Waals surface area contributed by atoms with Crippen molar-refractivity contribution in [2.75, 3.05) is 0 Å². The largest absolute Gasteiger partial charge is 0.257 e. The van der Waals surface area contributed by atoms with E-state index in [2.05, 4.69) is 134 Å². The number of benzene rings is 5. The van der Waals surface area contributed by atoms with Crippen molar-refractivity contribution in [1.82, 2.24) is 15.0 Å². The summed E-state index contributed by atoms with van der Waals surface area (Å²) in [6, 6.07) is 47.0. The van der Waals surface area contributed by atoms with Crippen LogP contribution in [0.2, 0.25) is 0 Å². The van der Waals surface area contributed by atoms with Gasteiger partial charge in [-0.15, -0.1) is 11.8 Å². The molecule has 1 saturated heterocycles. The van der Waals surface area contributed by atoms with Gasteiger partial charge in [-0.25, -0.2) is 15.0 Å². The van der Waals surface area contributed by atoms with Crippen LogP contribution in [0.15, 0.2) is 192 Å². The van der Waals surface area contributed by atoms with Gasteiger partial charge in [0.2, 0.25) is 0 Å². The van der Waals surface area contributed by atoms with Gasteiger partial charge in [0.1, 0.15) is 0 Å². The van der Waals surface area contributed by atoms with Crippen molar-refractivity contribution in [3.05, 3.63) is 209 Å². The normalized spacial score (nSPS) is 20.3. The molecular weight excluding hydrogens is 677 g/mol. The van der Waals surface area contributed by atoms with E-state index in [0.29, 0.717) is 17.5 Å². The van der Waals surface area contributed by atoms with E-state index in [-0.39, 0.29) is 22.5 Å². The third kappa shape index (κ3) is 5.22. The lowest BCUT2D eigenvalue weighted by Gasteiger charge is -2.50. The third-order valence-electron chi connectivity index (χ3n) is 11.2. The van der Waals surface area contributed by atoms with Crippen LogP contribution >= 0.6 is 11.8 Å². The predicted molar refractivity (Wildman–Crippen MR) is 224 cm³/mol. The molecule has 3 unspecified atom stereocenters. The van der Waals surface area contributed by atoms with Crippen molar-refractivity contribution in [2.24, 2.45) is 10.9 Å². The van der Waals surface area contributed by atoms with Crippen LogP contribution in [0.4, 0.5) is 5.69 Å². The Labute approximate surface area is 320 Å². The number of aromatic nitrogens is 3. The van der Waals surface area contributed by atoms with E-state index in [1.54, 1.807) is 12.3 Å². The Balaban J connectivity index is 1.15. The van der Waals surface area contributed by atoms with Crippen molar-refractivity contribution in [1.29, 1.82) is 0 Å². The molecule has 4 aliphatic rings. The molecule has 0 N–H and O–H groups in total. The molecule has 0 radical (unpaired) electrons. The Kier molecular flexibility index (Phi) is 8.03. The van der Waals surface area contributed by atoms with Crippen LogP contribution in [-0.4, -0.2) is 26.4 Å². The Morgan fingerprint density at radius 1 is 0.667 bits per heavy atom. The molecule has 5 heteroatoms. The molecular formula is C49H36N4S. The number of fused-ring (bicyclic) bond motifs is 9. The smallest absolute Gasteiger partial charge is 0.164 e. The molecule has 10 rings (SSSR count). The Morgan fingerprint density at radius 2 is 1.26 bits per heavy atom. The van der Waals surface area contributed by atoms with Crippen LogP contribution in [-0.2, 0) is 5.41 Å². The molecule has 0 saturated carbocycles. The number of hydrogen-bond donors (Lipinski definition) is 0. The first kappa shape index (κ1) is 32.5. The fourth-order valence-electron chi connectivity index (χ4n) is 8.89. The summed E-state index contributed by atoms with van der Waals surface area (Å²) in [6.45, 7) is 3.86. The lowest BCUT2D eigenvalue weighted by molar-refractivity contribution is 0.452. The van der Waals surface area contributed by atoms with Gasteiger partial charge in [-0.05, 0) is 45.9 Å². The molecule has 54 heavy (non-hydrogen) atoms. The second-order valence-corrected chi connectivity index (χ2v) is 15.3. The van der Waals surface area contributed by atoms with E-state index >= 15 is 0 Å². The van der Waals surface area contributed by atoms with Crippen LogP contribution in [0.25, 0.3) is 39.5 Å². The standard InChI is InChI=1S/C49H36N4S/c1-2-29-50-43-24-14-11-19-36(43)34-25-27-41-44(30-34)54-45-31-35(26-28-42(45)49(41)39-22-12-9-20-37(39)38-21-10-13-23-40(38)49)48-52-46(32-15-5-3-6-16-32)51-47(53-48)33-17-7-4-8-18-33/h2-24,26-31,34,42,45H,1,25H2. The minimum Gasteiger partial charge on any atom is -0.257 e. The fraction of sp³-hybridized carbons (Fsp3) is 0.102. The second-order valence-electron chi connectivity index (χ2n) is 14.1. The van der Waals surface area contributed by atoms with E-state index in [4.69, 9.17) is 19.9 Å². The Morgan fingerprint density at radius 3 is 1.93 bits per heavy atom. The average molecular weight is 713 g/mol. The highest BCUT2D eigenvalue weighted by atomic mass is 32.2. The zero-order chi connectivity index (χ0) is 36.1. The molecule has 0 amide bonds. The summed E-state index contributed by atoms with van der Waals surface area (Å²) >= 11 is 1.97. The molecule has 1 fully saturated rings. The first-order valence-electron chi connectivity index (χ1n) is 18.5. The lowest BCUT2D eigenvalue weighted by atomic mass is 9.60. The van der Waals surface area contributed by atoms with Gasteiger partial charge in [0.15, 0.2) is 17.5 Å². The van der Waals surface area contributed by atoms with Crippen LogP contribution in [0.5, 0.6) is 0 Å². The number of aliphatic imine (C=N–C) groups is 1. The fourth-order valence-corrected chi connectivity index (χ4v) is 10.5. The molecule has 1 spiro atoms. The highest BCUT2D eigenvalue weighted by Gasteiger charge is 2.57. The van der Waals surface area contributed by atoms with Gasteiger partial charge >= 0.3 is 0 Å². The molecule has 2 heterocycles. The Hall–Kier alpha value is -6.17. The summed E-state index contributed by atoms with van der Waals surface area (Å²) in [4.78, 5) is 21.3. The van der Waals surface area contributed by atoms with E-state index in [1.807, 2.05) is 48.2 Å². The summed E-state index contributed by atoms with van der Waals surface area (Å²) in [5.74, 6) is 2.39. The maximum absolute atomic E-state index is 5.12. The molecule has 0 bridgehead atoms. The minimum atomic E-state index is -0.345. The first-order chi connectivity index (χ1) is 26.7. The van der Waals surface area contributed by atoms with Crippen molar-refractivity contribution in [3.63, 3.8) is 0 Å². The van der Waals surface area contributed by atoms with Gasteiger partial charge in [-0.1, -0.05) is 170 Å². The average Bonchev–Trinajstić information content (AvgIpc) is 3.53. The van der Waals surface area contributed by atoms with Crippen LogP contribution in [0.1, 0.15) is 34.9 Å². The molecule has 1 aliphatic heterocycles. The lowest BCUT2D eigenvalue weighted by Crippen LogP contribution is -2.45. The number of allylic oxidation sites excluding steroid dienone is 7. The molecule has 6 aromatic rings. The highest BCUT2D eigenvalue weighted by Crippen LogP contribution is 2.66. The van der Waals surface area contributed by atoms with E-state index < -0.39 is 0 Å². The SMILES string of the molecule is C=CC=Nc1ccccc1C1C=C2SC3C=C(c4nc(-c5ccccc5)nc(-c5ccccc5)n4)C=CC3C3(C2=CC1)c1ccccc1-c1ccccc13. The monoisotopic (exact) mass is 712 g/mol. The maximum Gasteiger partial charge on any atom is 0.164 e. The molecule has 3 aliphatic carbocycles. The number of para-hydroxylation sites is 1. The van der Waals surface area contributed by atoms with Gasteiger partial charge in [-0.3, -0.25) is 4.99 Å². The van der Waals surface area contributed by atoms with Gasteiger partial charge < -0.3 is 0 Å². The third-order valence-corrected chi connectivity index (χ3v) is 12.5. The van der Waals surface area contributed by atoms with Crippen molar-refractivity contribution >= 4 is 29.2 Å². The summed E-state index contributed by atoms with van der Waals surface area (Å²) in [5, 5.41) is 0.123. The second kappa shape index (κ2) is 13.4. The van der Waals surface area contributed by atoms with Crippen LogP contribution in [0, 0.1) is 5.92 Å². The van der Waals surface area contributed by atoms with E-state index in [0.717, 1.165) is 28.8 Å². The van der Waals surface area contributed by atoms with Gasteiger partial charge in [0.25, 0.3) is 0 Å². The summed E-state index contributed by atoms with van der Waals surface area (Å²) in [6.07, 6.45) is 16.6. The molecule has 258 valence electrons. The van der Waals surface area contributed by atoms with Crippen molar-refractivity contribution in [2.45, 2.75) is 23.0 Å². The first-order valence-corrected chi connectivity index (χ1v) is 19.4. The van der Waals surface area contributed by atoms with Crippen LogP contribution < -0.4 is 0 Å². The van der Waals surface area contributed by atoms with Gasteiger partial charge in [0.05, 0.1) is 11.1 Å². The maximum atomic E-state index is 5.12. The van der Waals surface area contributed by atoms with Crippen molar-refractivity contribution < 1.29 is 0 Å².